The maximum atomic E-state index is 10.5. The van der Waals surface area contributed by atoms with E-state index in [4.69, 9.17) is 9.84 Å². The van der Waals surface area contributed by atoms with Gasteiger partial charge in [0.15, 0.2) is 5.69 Å². The lowest BCUT2D eigenvalue weighted by atomic mass is 10.4. The van der Waals surface area contributed by atoms with Crippen LogP contribution in [0.15, 0.2) is 12.3 Å². The van der Waals surface area contributed by atoms with Gasteiger partial charge in [0.1, 0.15) is 0 Å². The van der Waals surface area contributed by atoms with Crippen molar-refractivity contribution in [3.05, 3.63) is 18.0 Å². The Kier molecular flexibility index (Phi) is 4.12. The normalized spacial score (nSPS) is 10.4. The van der Waals surface area contributed by atoms with E-state index in [1.165, 1.54) is 6.07 Å². The van der Waals surface area contributed by atoms with Crippen LogP contribution in [0, 0.1) is 0 Å². The van der Waals surface area contributed by atoms with E-state index in [9.17, 15) is 4.79 Å². The maximum absolute atomic E-state index is 10.5. The third kappa shape index (κ3) is 3.18. The van der Waals surface area contributed by atoms with Gasteiger partial charge in [-0.1, -0.05) is 0 Å². The van der Waals surface area contributed by atoms with Crippen LogP contribution in [0.5, 0.6) is 0 Å². The molecule has 1 aromatic rings. The number of carbonyl (C=O) groups is 1. The van der Waals surface area contributed by atoms with Gasteiger partial charge in [-0.3, -0.25) is 4.68 Å². The van der Waals surface area contributed by atoms with E-state index >= 15 is 0 Å². The van der Waals surface area contributed by atoms with Crippen LogP contribution < -0.4 is 0 Å². The summed E-state index contributed by atoms with van der Waals surface area (Å²) < 4.78 is 6.77. The topological polar surface area (TPSA) is 64.3 Å². The van der Waals surface area contributed by atoms with Gasteiger partial charge in [-0.15, -0.1) is 0 Å². The van der Waals surface area contributed by atoms with E-state index in [0.717, 1.165) is 6.42 Å². The van der Waals surface area contributed by atoms with Gasteiger partial charge in [0.25, 0.3) is 0 Å². The van der Waals surface area contributed by atoms with Crippen molar-refractivity contribution in [2.75, 3.05) is 13.2 Å². The molecule has 1 aromatic heterocycles. The first-order chi connectivity index (χ1) is 6.74. The fourth-order valence-corrected chi connectivity index (χ4v) is 1.07. The summed E-state index contributed by atoms with van der Waals surface area (Å²) in [6.45, 7) is 4.02. The first-order valence-electron chi connectivity index (χ1n) is 4.58. The Labute approximate surface area is 82.3 Å². The molecule has 78 valence electrons. The molecule has 1 heterocycles. The van der Waals surface area contributed by atoms with Crippen molar-refractivity contribution in [1.29, 1.82) is 0 Å². The number of aromatic nitrogens is 2. The zero-order valence-corrected chi connectivity index (χ0v) is 8.14. The number of hydrogen-bond acceptors (Lipinski definition) is 3. The van der Waals surface area contributed by atoms with Gasteiger partial charge in [-0.25, -0.2) is 4.79 Å². The van der Waals surface area contributed by atoms with Crippen molar-refractivity contribution in [2.45, 2.75) is 19.9 Å². The fourth-order valence-electron chi connectivity index (χ4n) is 1.07. The van der Waals surface area contributed by atoms with E-state index in [2.05, 4.69) is 5.10 Å². The van der Waals surface area contributed by atoms with E-state index < -0.39 is 5.97 Å². The van der Waals surface area contributed by atoms with Crippen molar-refractivity contribution in [3.8, 4) is 0 Å². The summed E-state index contributed by atoms with van der Waals surface area (Å²) in [5, 5.41) is 12.5. The average Bonchev–Trinajstić information content (AvgIpc) is 2.61. The molecular weight excluding hydrogens is 184 g/mol. The molecule has 0 amide bonds. The molecule has 0 aliphatic rings. The highest BCUT2D eigenvalue weighted by Crippen LogP contribution is 1.97. The van der Waals surface area contributed by atoms with Crippen LogP contribution in [-0.4, -0.2) is 34.1 Å². The smallest absolute Gasteiger partial charge is 0.356 e. The highest BCUT2D eigenvalue weighted by Gasteiger charge is 2.05. The molecule has 0 saturated carbocycles. The molecule has 0 saturated heterocycles. The molecule has 0 aliphatic heterocycles. The molecule has 0 atom stereocenters. The summed E-state index contributed by atoms with van der Waals surface area (Å²) in [6, 6.07) is 1.49. The monoisotopic (exact) mass is 198 g/mol. The van der Waals surface area contributed by atoms with Crippen LogP contribution in [0.3, 0.4) is 0 Å². The van der Waals surface area contributed by atoms with Crippen molar-refractivity contribution in [3.63, 3.8) is 0 Å². The second-order valence-electron chi connectivity index (χ2n) is 2.82. The van der Waals surface area contributed by atoms with Crippen molar-refractivity contribution >= 4 is 5.97 Å². The van der Waals surface area contributed by atoms with Crippen molar-refractivity contribution in [1.82, 2.24) is 9.78 Å². The van der Waals surface area contributed by atoms with Gasteiger partial charge in [0.05, 0.1) is 0 Å². The average molecular weight is 198 g/mol. The van der Waals surface area contributed by atoms with Crippen LogP contribution in [0.2, 0.25) is 0 Å². The zero-order valence-electron chi connectivity index (χ0n) is 8.14. The fraction of sp³-hybridized carbons (Fsp3) is 0.556. The summed E-state index contributed by atoms with van der Waals surface area (Å²) >= 11 is 0. The van der Waals surface area contributed by atoms with Crippen molar-refractivity contribution < 1.29 is 14.6 Å². The molecule has 0 aromatic carbocycles. The quantitative estimate of drug-likeness (QED) is 0.693. The minimum atomic E-state index is -0.992. The Morgan fingerprint density at radius 2 is 2.50 bits per heavy atom. The van der Waals surface area contributed by atoms with Crippen molar-refractivity contribution in [2.24, 2.45) is 0 Å². The Hall–Kier alpha value is -1.36. The minimum absolute atomic E-state index is 0.0846. The van der Waals surface area contributed by atoms with Crippen LogP contribution in [0.25, 0.3) is 0 Å². The molecule has 0 bridgehead atoms. The summed E-state index contributed by atoms with van der Waals surface area (Å²) in [5.74, 6) is -0.992. The number of rotatable bonds is 6. The molecule has 14 heavy (non-hydrogen) atoms. The van der Waals surface area contributed by atoms with Gasteiger partial charge >= 0.3 is 5.97 Å². The Balaban J connectivity index is 2.33. The third-order valence-electron chi connectivity index (χ3n) is 1.74. The van der Waals surface area contributed by atoms with E-state index in [1.54, 1.807) is 10.9 Å². The second kappa shape index (κ2) is 5.39. The Morgan fingerprint density at radius 3 is 3.07 bits per heavy atom. The Bertz CT molecular complexity index is 296. The zero-order chi connectivity index (χ0) is 10.4. The molecule has 0 radical (unpaired) electrons. The van der Waals surface area contributed by atoms with Gasteiger partial charge in [0.2, 0.25) is 0 Å². The number of ether oxygens (including phenoxy) is 1. The first kappa shape index (κ1) is 10.7. The van der Waals surface area contributed by atoms with Gasteiger partial charge in [-0.2, -0.15) is 5.10 Å². The number of aryl methyl sites for hydroxylation is 1. The molecule has 1 N–H and O–H groups in total. The van der Waals surface area contributed by atoms with Crippen LogP contribution in [-0.2, 0) is 11.3 Å². The summed E-state index contributed by atoms with van der Waals surface area (Å²) in [4.78, 5) is 10.5. The SMILES string of the molecule is CCOCCCn1ccc(C(=O)O)n1. The molecule has 0 fully saturated rings. The summed E-state index contributed by atoms with van der Waals surface area (Å²) in [6.07, 6.45) is 2.50. The largest absolute Gasteiger partial charge is 0.476 e. The number of carboxylic acid groups (broad SMARTS) is 1. The Morgan fingerprint density at radius 1 is 1.71 bits per heavy atom. The first-order valence-corrected chi connectivity index (χ1v) is 4.58. The predicted molar refractivity (Wildman–Crippen MR) is 50.3 cm³/mol. The number of aromatic carboxylic acids is 1. The van der Waals surface area contributed by atoms with Gasteiger partial charge in [-0.05, 0) is 19.4 Å². The number of carboxylic acids is 1. The molecule has 5 nitrogen and oxygen atoms in total. The van der Waals surface area contributed by atoms with E-state index in [1.807, 2.05) is 6.92 Å². The standard InChI is InChI=1S/C9H14N2O3/c1-2-14-7-3-5-11-6-4-8(10-11)9(12)13/h4,6H,2-3,5,7H2,1H3,(H,12,13). The molecule has 5 heteroatoms. The second-order valence-corrected chi connectivity index (χ2v) is 2.82. The molecule has 0 unspecified atom stereocenters. The predicted octanol–water partition coefficient (Wildman–Crippen LogP) is 1.01. The molecule has 1 rings (SSSR count). The highest BCUT2D eigenvalue weighted by atomic mass is 16.5. The molecular formula is C9H14N2O3. The molecule has 0 aliphatic carbocycles. The highest BCUT2D eigenvalue weighted by molar-refractivity contribution is 5.84. The van der Waals surface area contributed by atoms with E-state index in [-0.39, 0.29) is 5.69 Å². The summed E-state index contributed by atoms with van der Waals surface area (Å²) in [5.41, 5.74) is 0.0846. The number of nitrogens with zero attached hydrogens (tertiary/aromatic N) is 2. The van der Waals surface area contributed by atoms with Crippen LogP contribution in [0.1, 0.15) is 23.8 Å². The van der Waals surface area contributed by atoms with E-state index in [0.29, 0.717) is 19.8 Å². The lowest BCUT2D eigenvalue weighted by molar-refractivity contribution is 0.0689. The molecule has 0 spiro atoms. The lowest BCUT2D eigenvalue weighted by Gasteiger charge is -2.01. The lowest BCUT2D eigenvalue weighted by Crippen LogP contribution is -2.05. The van der Waals surface area contributed by atoms with Gasteiger partial charge < -0.3 is 9.84 Å². The third-order valence-corrected chi connectivity index (χ3v) is 1.74. The minimum Gasteiger partial charge on any atom is -0.476 e. The summed E-state index contributed by atoms with van der Waals surface area (Å²) in [7, 11) is 0. The van der Waals surface area contributed by atoms with Crippen LogP contribution in [0.4, 0.5) is 0 Å². The van der Waals surface area contributed by atoms with Gasteiger partial charge in [0, 0.05) is 26.0 Å². The maximum Gasteiger partial charge on any atom is 0.356 e. The number of hydrogen-bond donors (Lipinski definition) is 1. The van der Waals surface area contributed by atoms with Crippen LogP contribution >= 0.6 is 0 Å².